The fourth-order valence-corrected chi connectivity index (χ4v) is 7.35. The number of hydrogen-bond acceptors (Lipinski definition) is 7. The van der Waals surface area contributed by atoms with E-state index < -0.39 is 53.7 Å². The van der Waals surface area contributed by atoms with Gasteiger partial charge >= 0.3 is 5.97 Å². The molecule has 0 unspecified atom stereocenters. The predicted molar refractivity (Wildman–Crippen MR) is 111 cm³/mol. The zero-order valence-corrected chi connectivity index (χ0v) is 18.3. The van der Waals surface area contributed by atoms with E-state index in [4.69, 9.17) is 14.2 Å². The van der Waals surface area contributed by atoms with Gasteiger partial charge in [-0.3, -0.25) is 14.4 Å². The van der Waals surface area contributed by atoms with Crippen molar-refractivity contribution in [3.05, 3.63) is 17.7 Å². The number of ether oxygens (including phenoxy) is 3. The molecule has 33 heavy (non-hydrogen) atoms. The number of carboxylic acid groups (broad SMARTS) is 1. The van der Waals surface area contributed by atoms with Crippen LogP contribution in [0, 0.1) is 11.8 Å². The number of rotatable bonds is 5. The number of methoxy groups -OCH3 is 2. The van der Waals surface area contributed by atoms with Crippen LogP contribution < -0.4 is 14.4 Å². The lowest BCUT2D eigenvalue weighted by molar-refractivity contribution is -0.166. The first-order valence-electron chi connectivity index (χ1n) is 11.1. The van der Waals surface area contributed by atoms with Gasteiger partial charge in [0.15, 0.2) is 11.5 Å². The molecule has 174 valence electrons. The van der Waals surface area contributed by atoms with Gasteiger partial charge in [0, 0.05) is 35.9 Å². The number of hydrogen-bond donors (Lipinski definition) is 1. The Morgan fingerprint density at radius 1 is 1.18 bits per heavy atom. The molecule has 4 heterocycles. The highest BCUT2D eigenvalue weighted by atomic mass is 16.5. The zero-order chi connectivity index (χ0) is 23.2. The Balaban J connectivity index is 1.58. The van der Waals surface area contributed by atoms with Gasteiger partial charge in [-0.25, -0.2) is 4.79 Å². The molecule has 10 heteroatoms. The van der Waals surface area contributed by atoms with Gasteiger partial charge in [0.1, 0.15) is 6.61 Å². The smallest absolute Gasteiger partial charge is 0.329 e. The van der Waals surface area contributed by atoms with Gasteiger partial charge in [0.05, 0.1) is 38.5 Å². The van der Waals surface area contributed by atoms with Crippen LogP contribution in [0.4, 0.5) is 5.69 Å². The minimum Gasteiger partial charge on any atom is -0.493 e. The van der Waals surface area contributed by atoms with Crippen molar-refractivity contribution in [1.82, 2.24) is 4.90 Å². The van der Waals surface area contributed by atoms with Gasteiger partial charge in [0.2, 0.25) is 11.7 Å². The number of Topliss-reactive ketones (excluding diaryl/α,β-unsaturated/α-hetero) is 1. The number of fused-ring (bicyclic) bond motifs is 4. The average Bonchev–Trinajstić information content (AvgIpc) is 3.34. The number of benzene rings is 1. The zero-order valence-electron chi connectivity index (χ0n) is 18.3. The van der Waals surface area contributed by atoms with E-state index in [1.54, 1.807) is 23.0 Å². The summed E-state index contributed by atoms with van der Waals surface area (Å²) in [4.78, 5) is 54.3. The fourth-order valence-electron chi connectivity index (χ4n) is 7.35. The number of amides is 2. The first-order valence-corrected chi connectivity index (χ1v) is 11.1. The van der Waals surface area contributed by atoms with Crippen LogP contribution in [-0.2, 0) is 29.3 Å². The van der Waals surface area contributed by atoms with Crippen molar-refractivity contribution in [2.45, 2.75) is 42.9 Å². The second kappa shape index (κ2) is 6.69. The molecule has 4 aliphatic heterocycles. The van der Waals surface area contributed by atoms with Crippen LogP contribution >= 0.6 is 0 Å². The number of ketones is 1. The third-order valence-corrected chi connectivity index (χ3v) is 8.42. The Hall–Kier alpha value is -3.14. The van der Waals surface area contributed by atoms with E-state index in [0.717, 1.165) is 5.56 Å². The number of aliphatic carboxylic acids is 1. The van der Waals surface area contributed by atoms with Crippen LogP contribution in [0.25, 0.3) is 0 Å². The Morgan fingerprint density at radius 2 is 1.91 bits per heavy atom. The van der Waals surface area contributed by atoms with Crippen LogP contribution in [0.1, 0.15) is 24.8 Å². The third kappa shape index (κ3) is 2.36. The summed E-state index contributed by atoms with van der Waals surface area (Å²) in [6.07, 6.45) is 0.279. The highest BCUT2D eigenvalue weighted by Gasteiger charge is 2.73. The average molecular weight is 456 g/mol. The second-order valence-electron chi connectivity index (χ2n) is 9.47. The number of piperidine rings is 2. The monoisotopic (exact) mass is 456 g/mol. The minimum atomic E-state index is -1.14. The SMILES string of the molecule is COc1cc2c(cc1OC)[C@]13CCN4C(=O)C(=O)[C@@H](C[C@@H]41)[C@@H]1[C@H](OCC(=O)O)CC(=O)N2[C@H]13. The van der Waals surface area contributed by atoms with Crippen molar-refractivity contribution in [2.75, 3.05) is 32.3 Å². The molecular formula is C23H24N2O8. The molecule has 1 aromatic carbocycles. The lowest BCUT2D eigenvalue weighted by Crippen LogP contribution is -2.71. The molecule has 1 aliphatic carbocycles. The highest BCUT2D eigenvalue weighted by molar-refractivity contribution is 6.38. The maximum Gasteiger partial charge on any atom is 0.329 e. The van der Waals surface area contributed by atoms with Gasteiger partial charge in [-0.15, -0.1) is 0 Å². The molecule has 10 nitrogen and oxygen atoms in total. The first-order chi connectivity index (χ1) is 15.8. The van der Waals surface area contributed by atoms with Crippen molar-refractivity contribution in [2.24, 2.45) is 11.8 Å². The van der Waals surface area contributed by atoms with E-state index in [0.29, 0.717) is 36.6 Å². The van der Waals surface area contributed by atoms with Crippen LogP contribution in [0.3, 0.4) is 0 Å². The largest absolute Gasteiger partial charge is 0.493 e. The third-order valence-electron chi connectivity index (χ3n) is 8.42. The lowest BCUT2D eigenvalue weighted by Gasteiger charge is -2.57. The number of carbonyl (C=O) groups is 4. The van der Waals surface area contributed by atoms with Gasteiger partial charge in [0.25, 0.3) is 5.91 Å². The lowest BCUT2D eigenvalue weighted by atomic mass is 9.54. The van der Waals surface area contributed by atoms with Crippen LogP contribution in [0.2, 0.25) is 0 Å². The maximum absolute atomic E-state index is 13.5. The van der Waals surface area contributed by atoms with E-state index >= 15 is 0 Å². The Kier molecular flexibility index (Phi) is 4.15. The van der Waals surface area contributed by atoms with Gasteiger partial charge in [-0.05, 0) is 24.5 Å². The van der Waals surface area contributed by atoms with Gasteiger partial charge < -0.3 is 29.1 Å². The second-order valence-corrected chi connectivity index (χ2v) is 9.47. The summed E-state index contributed by atoms with van der Waals surface area (Å²) in [7, 11) is 3.08. The van der Waals surface area contributed by atoms with Crippen molar-refractivity contribution in [3.8, 4) is 11.5 Å². The number of nitrogens with zero attached hydrogens (tertiary/aromatic N) is 2. The van der Waals surface area contributed by atoms with Crippen molar-refractivity contribution >= 4 is 29.3 Å². The van der Waals surface area contributed by atoms with E-state index in [1.807, 2.05) is 6.07 Å². The van der Waals surface area contributed by atoms with Crippen molar-refractivity contribution < 1.29 is 38.5 Å². The van der Waals surface area contributed by atoms with Crippen LogP contribution in [0.15, 0.2) is 12.1 Å². The first kappa shape index (κ1) is 20.5. The topological polar surface area (TPSA) is 123 Å². The normalized spacial score (nSPS) is 35.5. The summed E-state index contributed by atoms with van der Waals surface area (Å²) >= 11 is 0. The van der Waals surface area contributed by atoms with E-state index in [-0.39, 0.29) is 18.4 Å². The molecule has 6 atom stereocenters. The maximum atomic E-state index is 13.5. The minimum absolute atomic E-state index is 0.0509. The molecule has 2 amide bonds. The molecule has 0 radical (unpaired) electrons. The Bertz CT molecular complexity index is 1120. The number of anilines is 1. The fraction of sp³-hybridized carbons (Fsp3) is 0.565. The molecule has 4 fully saturated rings. The number of carboxylic acids is 1. The molecule has 0 aromatic heterocycles. The molecular weight excluding hydrogens is 432 g/mol. The van der Waals surface area contributed by atoms with Gasteiger partial charge in [-0.2, -0.15) is 0 Å². The van der Waals surface area contributed by atoms with Gasteiger partial charge in [-0.1, -0.05) is 0 Å². The van der Waals surface area contributed by atoms with E-state index in [1.165, 1.54) is 7.11 Å². The summed E-state index contributed by atoms with van der Waals surface area (Å²) in [5.74, 6) is -2.33. The summed E-state index contributed by atoms with van der Waals surface area (Å²) in [6.45, 7) is -0.130. The van der Waals surface area contributed by atoms with Crippen LogP contribution in [0.5, 0.6) is 11.5 Å². The molecule has 3 saturated heterocycles. The van der Waals surface area contributed by atoms with E-state index in [9.17, 15) is 24.3 Å². The molecule has 1 saturated carbocycles. The highest BCUT2D eigenvalue weighted by Crippen LogP contribution is 2.65. The molecule has 1 N–H and O–H groups in total. The molecule has 2 bridgehead atoms. The Labute approximate surface area is 189 Å². The summed E-state index contributed by atoms with van der Waals surface area (Å²) < 4.78 is 16.8. The molecule has 1 spiro atoms. The number of carbonyl (C=O) groups excluding carboxylic acids is 3. The predicted octanol–water partition coefficient (Wildman–Crippen LogP) is 0.350. The van der Waals surface area contributed by atoms with E-state index in [2.05, 4.69) is 0 Å². The van der Waals surface area contributed by atoms with Crippen molar-refractivity contribution in [1.29, 1.82) is 0 Å². The summed E-state index contributed by atoms with van der Waals surface area (Å²) in [5, 5.41) is 9.18. The quantitative estimate of drug-likeness (QED) is 0.630. The molecule has 1 aromatic rings. The molecule has 6 rings (SSSR count). The van der Waals surface area contributed by atoms with Crippen LogP contribution in [-0.4, -0.2) is 79.1 Å². The van der Waals surface area contributed by atoms with Crippen molar-refractivity contribution in [3.63, 3.8) is 0 Å². The Morgan fingerprint density at radius 3 is 2.61 bits per heavy atom. The summed E-state index contributed by atoms with van der Waals surface area (Å²) in [5.41, 5.74) is 1.04. The summed E-state index contributed by atoms with van der Waals surface area (Å²) in [6, 6.07) is 3.07. The standard InChI is InChI=1S/C23H24N2O8/c1-31-13-6-11-12(7-14(13)32-2)25-17(26)8-15(33-9-18(27)28)19-10-5-16-23(11,21(19)25)3-4-24(16)22(30)20(10)29/h6-7,10,15-16,19,21H,3-5,8-9H2,1-2H3,(H,27,28)/t10-,15+,16+,19+,21+,23+/m0/s1. The molecule has 5 aliphatic rings.